The Morgan fingerprint density at radius 2 is 0.830 bits per heavy atom. The van der Waals surface area contributed by atoms with Crippen molar-refractivity contribution in [2.24, 2.45) is 0 Å². The Hall–Kier alpha value is -5.60. The molecule has 0 aliphatic heterocycles. The monoisotopic (exact) mass is 610 g/mol. The van der Waals surface area contributed by atoms with E-state index in [0.717, 1.165) is 30.2 Å². The number of hydrogen-bond acceptors (Lipinski definition) is 2. The molecule has 0 N–H and O–H groups in total. The number of rotatable bonds is 11. The van der Waals surface area contributed by atoms with E-state index in [1.54, 1.807) is 0 Å². The fraction of sp³-hybridized carbons (Fsp3) is 0.111. The molecule has 0 aliphatic rings. The summed E-state index contributed by atoms with van der Waals surface area (Å²) in [6, 6.07) is 58.5. The van der Waals surface area contributed by atoms with E-state index in [-0.39, 0.29) is 0 Å². The van der Waals surface area contributed by atoms with E-state index < -0.39 is 0 Å². The number of benzene rings is 6. The van der Waals surface area contributed by atoms with Gasteiger partial charge in [0.05, 0.1) is 0 Å². The summed E-state index contributed by atoms with van der Waals surface area (Å²) in [7, 11) is 0. The lowest BCUT2D eigenvalue weighted by Gasteiger charge is -2.25. The zero-order chi connectivity index (χ0) is 32.4. The summed E-state index contributed by atoms with van der Waals surface area (Å²) in [5.74, 6) is 0. The molecule has 0 amide bonds. The van der Waals surface area contributed by atoms with E-state index in [9.17, 15) is 0 Å². The molecule has 6 aromatic carbocycles. The van der Waals surface area contributed by atoms with Crippen molar-refractivity contribution in [1.29, 1.82) is 0 Å². The molecule has 0 saturated heterocycles. The second-order valence-corrected chi connectivity index (χ2v) is 11.7. The first-order valence-electron chi connectivity index (χ1n) is 16.5. The molecule has 0 unspecified atom stereocenters. The lowest BCUT2D eigenvalue weighted by Crippen LogP contribution is -2.21. The molecule has 2 nitrogen and oxygen atoms in total. The van der Waals surface area contributed by atoms with Crippen LogP contribution in [-0.4, -0.2) is 13.1 Å². The molecule has 0 fully saturated rings. The lowest BCUT2D eigenvalue weighted by molar-refractivity contribution is 0.866. The van der Waals surface area contributed by atoms with Crippen molar-refractivity contribution in [3.05, 3.63) is 204 Å². The second kappa shape index (κ2) is 15.1. The minimum Gasteiger partial charge on any atom is -0.372 e. The van der Waals surface area contributed by atoms with Crippen LogP contribution in [0.3, 0.4) is 0 Å². The molecule has 232 valence electrons. The van der Waals surface area contributed by atoms with Gasteiger partial charge >= 0.3 is 0 Å². The van der Waals surface area contributed by atoms with Crippen LogP contribution in [0.4, 0.5) is 22.7 Å². The van der Waals surface area contributed by atoms with E-state index in [4.69, 9.17) is 0 Å². The minimum atomic E-state index is 0.985. The van der Waals surface area contributed by atoms with Crippen LogP contribution < -0.4 is 9.80 Å². The van der Waals surface area contributed by atoms with E-state index >= 15 is 0 Å². The first-order valence-corrected chi connectivity index (χ1v) is 16.5. The summed E-state index contributed by atoms with van der Waals surface area (Å²) in [5.41, 5.74) is 13.0. The zero-order valence-corrected chi connectivity index (χ0v) is 27.6. The summed E-state index contributed by atoms with van der Waals surface area (Å²) in [5, 5.41) is 0. The molecule has 47 heavy (non-hydrogen) atoms. The molecule has 0 heterocycles. The number of hydrogen-bond donors (Lipinski definition) is 0. The van der Waals surface area contributed by atoms with Gasteiger partial charge < -0.3 is 9.80 Å². The number of allylic oxidation sites excluding steroid dienone is 2. The maximum Gasteiger partial charge on any atom is 0.0462 e. The predicted octanol–water partition coefficient (Wildman–Crippen LogP) is 11.9. The fourth-order valence-corrected chi connectivity index (χ4v) is 6.15. The van der Waals surface area contributed by atoms with Crippen molar-refractivity contribution < 1.29 is 0 Å². The highest BCUT2D eigenvalue weighted by Crippen LogP contribution is 2.36. The Bertz CT molecular complexity index is 1880. The van der Waals surface area contributed by atoms with Crippen LogP contribution in [0.5, 0.6) is 0 Å². The zero-order valence-electron chi connectivity index (χ0n) is 27.6. The Kier molecular flexibility index (Phi) is 10.1. The highest BCUT2D eigenvalue weighted by atomic mass is 15.1. The summed E-state index contributed by atoms with van der Waals surface area (Å²) in [4.78, 5) is 4.69. The van der Waals surface area contributed by atoms with Gasteiger partial charge in [0.25, 0.3) is 0 Å². The molecule has 6 rings (SSSR count). The Labute approximate surface area is 280 Å². The Morgan fingerprint density at radius 3 is 1.32 bits per heavy atom. The summed E-state index contributed by atoms with van der Waals surface area (Å²) in [6.45, 7) is 8.54. The van der Waals surface area contributed by atoms with Crippen LogP contribution in [0.25, 0.3) is 11.1 Å². The molecule has 0 atom stereocenters. The summed E-state index contributed by atoms with van der Waals surface area (Å²) < 4.78 is 0. The van der Waals surface area contributed by atoms with Gasteiger partial charge in [0, 0.05) is 35.8 Å². The smallest absolute Gasteiger partial charge is 0.0462 e. The summed E-state index contributed by atoms with van der Waals surface area (Å²) >= 11 is 0. The molecule has 0 spiro atoms. The SMILES string of the molecule is CCN(CC)c1ccc(/C(=C\C=C(\c2ccccc2)c2cccc(C)c2)c2ccc(N(c3ccccc3)c3ccccc3)cc2)cc1. The number of nitrogens with zero attached hydrogens (tertiary/aromatic N) is 2. The van der Waals surface area contributed by atoms with Crippen LogP contribution in [0, 0.1) is 6.92 Å². The third-order valence-electron chi connectivity index (χ3n) is 8.60. The number of anilines is 4. The quantitative estimate of drug-likeness (QED) is 0.135. The first-order chi connectivity index (χ1) is 23.1. The third-order valence-corrected chi connectivity index (χ3v) is 8.60. The molecule has 0 aromatic heterocycles. The van der Waals surface area contributed by atoms with Crippen molar-refractivity contribution in [3.8, 4) is 0 Å². The molecule has 6 aromatic rings. The molecule has 0 radical (unpaired) electrons. The normalized spacial score (nSPS) is 11.7. The molecule has 0 saturated carbocycles. The van der Waals surface area contributed by atoms with Gasteiger partial charge in [0.15, 0.2) is 0 Å². The third kappa shape index (κ3) is 7.45. The number of para-hydroxylation sites is 2. The van der Waals surface area contributed by atoms with Gasteiger partial charge in [-0.05, 0) is 103 Å². The van der Waals surface area contributed by atoms with E-state index in [2.05, 4.69) is 207 Å². The average Bonchev–Trinajstić information content (AvgIpc) is 3.13. The van der Waals surface area contributed by atoms with Gasteiger partial charge in [-0.1, -0.05) is 133 Å². The van der Waals surface area contributed by atoms with E-state index in [0.29, 0.717) is 0 Å². The highest BCUT2D eigenvalue weighted by molar-refractivity contribution is 5.87. The molecule has 0 aliphatic carbocycles. The van der Waals surface area contributed by atoms with Crippen LogP contribution in [-0.2, 0) is 0 Å². The van der Waals surface area contributed by atoms with Crippen molar-refractivity contribution in [2.75, 3.05) is 22.9 Å². The van der Waals surface area contributed by atoms with Gasteiger partial charge in [-0.25, -0.2) is 0 Å². The topological polar surface area (TPSA) is 6.48 Å². The maximum atomic E-state index is 2.38. The van der Waals surface area contributed by atoms with Gasteiger partial charge in [-0.2, -0.15) is 0 Å². The van der Waals surface area contributed by atoms with E-state index in [1.807, 2.05) is 0 Å². The standard InChI is InChI=1S/C45H42N2/c1-4-46(5-2)40-28-24-37(25-29-40)44(32-33-45(36-17-9-6-10-18-36)39-19-15-16-35(3)34-39)38-26-30-43(31-27-38)47(41-20-11-7-12-21-41)42-22-13-8-14-23-42/h6-34H,4-5H2,1-3H3/b44-32+,45-33-. The average molecular weight is 611 g/mol. The lowest BCUT2D eigenvalue weighted by atomic mass is 9.93. The molecular formula is C45H42N2. The Balaban J connectivity index is 1.47. The second-order valence-electron chi connectivity index (χ2n) is 11.7. The van der Waals surface area contributed by atoms with Gasteiger partial charge in [-0.3, -0.25) is 0 Å². The minimum absolute atomic E-state index is 0.985. The van der Waals surface area contributed by atoms with Crippen LogP contribution >= 0.6 is 0 Å². The van der Waals surface area contributed by atoms with Gasteiger partial charge in [0.1, 0.15) is 0 Å². The van der Waals surface area contributed by atoms with Crippen LogP contribution in [0.15, 0.2) is 176 Å². The maximum absolute atomic E-state index is 2.38. The number of aryl methyl sites for hydroxylation is 1. The van der Waals surface area contributed by atoms with Crippen molar-refractivity contribution >= 4 is 33.9 Å². The summed E-state index contributed by atoms with van der Waals surface area (Å²) in [6.07, 6.45) is 4.57. The molecule has 0 bridgehead atoms. The fourth-order valence-electron chi connectivity index (χ4n) is 6.15. The highest BCUT2D eigenvalue weighted by Gasteiger charge is 2.14. The van der Waals surface area contributed by atoms with Crippen LogP contribution in [0.2, 0.25) is 0 Å². The van der Waals surface area contributed by atoms with Gasteiger partial charge in [0.2, 0.25) is 0 Å². The first kappa shape index (κ1) is 31.4. The molecule has 2 heteroatoms. The van der Waals surface area contributed by atoms with E-state index in [1.165, 1.54) is 44.7 Å². The van der Waals surface area contributed by atoms with Crippen molar-refractivity contribution in [1.82, 2.24) is 0 Å². The van der Waals surface area contributed by atoms with Crippen molar-refractivity contribution in [2.45, 2.75) is 20.8 Å². The van der Waals surface area contributed by atoms with Crippen molar-refractivity contribution in [3.63, 3.8) is 0 Å². The predicted molar refractivity (Wildman–Crippen MR) is 203 cm³/mol. The largest absolute Gasteiger partial charge is 0.372 e. The Morgan fingerprint density at radius 1 is 0.426 bits per heavy atom. The van der Waals surface area contributed by atoms with Crippen LogP contribution in [0.1, 0.15) is 41.7 Å². The molecular weight excluding hydrogens is 569 g/mol. The van der Waals surface area contributed by atoms with Gasteiger partial charge in [-0.15, -0.1) is 0 Å².